The van der Waals surface area contributed by atoms with Gasteiger partial charge in [-0.25, -0.2) is 0 Å². The van der Waals surface area contributed by atoms with Crippen LogP contribution in [0.1, 0.15) is 29.3 Å². The predicted molar refractivity (Wildman–Crippen MR) is 108 cm³/mol. The van der Waals surface area contributed by atoms with Gasteiger partial charge < -0.3 is 20.1 Å². The van der Waals surface area contributed by atoms with E-state index in [4.69, 9.17) is 9.47 Å². The first kappa shape index (κ1) is 20.4. The van der Waals surface area contributed by atoms with E-state index < -0.39 is 0 Å². The molecule has 3 rings (SSSR count). The van der Waals surface area contributed by atoms with Gasteiger partial charge in [-0.2, -0.15) is 0 Å². The molecule has 2 unspecified atom stereocenters. The molecule has 0 spiro atoms. The molecule has 7 heteroatoms. The zero-order chi connectivity index (χ0) is 21.0. The number of hydrogen-bond donors (Lipinski definition) is 2. The highest BCUT2D eigenvalue weighted by molar-refractivity contribution is 6.00. The second-order valence-electron chi connectivity index (χ2n) is 6.98. The van der Waals surface area contributed by atoms with Gasteiger partial charge in [-0.15, -0.1) is 0 Å². The summed E-state index contributed by atoms with van der Waals surface area (Å²) in [6.07, 6.45) is 0.523. The fourth-order valence-electron chi connectivity index (χ4n) is 3.11. The topological polar surface area (TPSA) is 93.7 Å². The number of methoxy groups -OCH3 is 2. The van der Waals surface area contributed by atoms with Crippen LogP contribution in [0.4, 0.5) is 5.69 Å². The van der Waals surface area contributed by atoms with Gasteiger partial charge in [0, 0.05) is 17.8 Å². The Morgan fingerprint density at radius 3 is 2.21 bits per heavy atom. The number of amides is 2. The lowest BCUT2D eigenvalue weighted by atomic mass is 10.1. The van der Waals surface area contributed by atoms with Gasteiger partial charge in [0.2, 0.25) is 11.8 Å². The van der Waals surface area contributed by atoms with E-state index in [1.165, 1.54) is 6.92 Å². The zero-order valence-corrected chi connectivity index (χ0v) is 16.7. The zero-order valence-electron chi connectivity index (χ0n) is 16.7. The summed E-state index contributed by atoms with van der Waals surface area (Å²) in [6.45, 7) is 1.83. The van der Waals surface area contributed by atoms with E-state index in [0.29, 0.717) is 35.7 Å². The monoisotopic (exact) mass is 396 g/mol. The van der Waals surface area contributed by atoms with E-state index in [-0.39, 0.29) is 29.4 Å². The second kappa shape index (κ2) is 8.77. The van der Waals surface area contributed by atoms with Crippen LogP contribution in [0.15, 0.2) is 42.5 Å². The maximum atomic E-state index is 12.4. The van der Waals surface area contributed by atoms with Crippen molar-refractivity contribution < 1.29 is 23.9 Å². The fraction of sp³-hybridized carbons (Fsp3) is 0.318. The van der Waals surface area contributed by atoms with Gasteiger partial charge in [-0.1, -0.05) is 6.07 Å². The first-order valence-electron chi connectivity index (χ1n) is 9.33. The largest absolute Gasteiger partial charge is 0.493 e. The van der Waals surface area contributed by atoms with E-state index in [1.54, 1.807) is 50.6 Å². The van der Waals surface area contributed by atoms with Crippen molar-refractivity contribution >= 4 is 23.3 Å². The first-order chi connectivity index (χ1) is 13.9. The molecule has 0 radical (unpaired) electrons. The van der Waals surface area contributed by atoms with E-state index in [9.17, 15) is 14.4 Å². The summed E-state index contributed by atoms with van der Waals surface area (Å²) in [5.74, 6) is 0.186. The smallest absolute Gasteiger partial charge is 0.228 e. The van der Waals surface area contributed by atoms with Gasteiger partial charge in [0.05, 0.1) is 26.1 Å². The lowest BCUT2D eigenvalue weighted by molar-refractivity contribution is -0.125. The average Bonchev–Trinajstić information content (AvgIpc) is 3.53. The molecule has 2 aromatic carbocycles. The summed E-state index contributed by atoms with van der Waals surface area (Å²) in [4.78, 5) is 36.0. The third kappa shape index (κ3) is 4.93. The minimum absolute atomic E-state index is 0.0312. The number of rotatable bonds is 8. The molecule has 29 heavy (non-hydrogen) atoms. The average molecular weight is 396 g/mol. The van der Waals surface area contributed by atoms with Crippen LogP contribution in [0.25, 0.3) is 0 Å². The van der Waals surface area contributed by atoms with Crippen LogP contribution in [-0.4, -0.2) is 31.8 Å². The van der Waals surface area contributed by atoms with Crippen molar-refractivity contribution in [1.82, 2.24) is 5.32 Å². The molecule has 152 valence electrons. The summed E-state index contributed by atoms with van der Waals surface area (Å²) in [7, 11) is 3.12. The Bertz CT molecular complexity index is 923. The van der Waals surface area contributed by atoms with Gasteiger partial charge in [0.15, 0.2) is 17.3 Å². The lowest BCUT2D eigenvalue weighted by Crippen LogP contribution is -2.27. The number of benzene rings is 2. The maximum Gasteiger partial charge on any atom is 0.228 e. The van der Waals surface area contributed by atoms with Crippen LogP contribution in [0.2, 0.25) is 0 Å². The Labute approximate surface area is 169 Å². The molecule has 7 nitrogen and oxygen atoms in total. The molecule has 0 saturated heterocycles. The molecule has 1 fully saturated rings. The SMILES string of the molecule is COc1ccc(CNC(=O)C2CC2C(=O)Nc2ccc(C(C)=O)cc2)cc1OC. The highest BCUT2D eigenvalue weighted by Gasteiger charge is 2.47. The molecule has 2 amide bonds. The summed E-state index contributed by atoms with van der Waals surface area (Å²) >= 11 is 0. The van der Waals surface area contributed by atoms with Crippen LogP contribution in [0.3, 0.4) is 0 Å². The van der Waals surface area contributed by atoms with E-state index in [1.807, 2.05) is 6.07 Å². The molecule has 0 aliphatic heterocycles. The molecular formula is C22H24N2O5. The second-order valence-corrected chi connectivity index (χ2v) is 6.98. The molecule has 1 saturated carbocycles. The van der Waals surface area contributed by atoms with Gasteiger partial charge >= 0.3 is 0 Å². The molecule has 0 aromatic heterocycles. The Balaban J connectivity index is 1.49. The lowest BCUT2D eigenvalue weighted by Gasteiger charge is -2.10. The Kier molecular flexibility index (Phi) is 6.16. The molecule has 2 N–H and O–H groups in total. The summed E-state index contributed by atoms with van der Waals surface area (Å²) in [6, 6.07) is 12.1. The van der Waals surface area contributed by atoms with Gasteiger partial charge in [0.1, 0.15) is 0 Å². The molecule has 0 bridgehead atoms. The molecular weight excluding hydrogens is 372 g/mol. The van der Waals surface area contributed by atoms with Crippen molar-refractivity contribution in [3.05, 3.63) is 53.6 Å². The number of Topliss-reactive ketones (excluding diaryl/α,β-unsaturated/α-hetero) is 1. The number of ketones is 1. The standard InChI is InChI=1S/C22H24N2O5/c1-13(25)15-5-7-16(8-6-15)24-22(27)18-11-17(18)21(26)23-12-14-4-9-19(28-2)20(10-14)29-3/h4-10,17-18H,11-12H2,1-3H3,(H,23,26)(H,24,27). The van der Waals surface area contributed by atoms with Crippen molar-refractivity contribution in [2.75, 3.05) is 19.5 Å². The van der Waals surface area contributed by atoms with Crippen LogP contribution in [0.5, 0.6) is 11.5 Å². The molecule has 1 aliphatic carbocycles. The van der Waals surface area contributed by atoms with Crippen LogP contribution >= 0.6 is 0 Å². The number of anilines is 1. The summed E-state index contributed by atoms with van der Waals surface area (Å²) < 4.78 is 10.5. The number of hydrogen-bond acceptors (Lipinski definition) is 5. The Morgan fingerprint density at radius 2 is 1.59 bits per heavy atom. The van der Waals surface area contributed by atoms with Gasteiger partial charge in [-0.3, -0.25) is 14.4 Å². The Morgan fingerprint density at radius 1 is 0.931 bits per heavy atom. The van der Waals surface area contributed by atoms with Crippen LogP contribution < -0.4 is 20.1 Å². The van der Waals surface area contributed by atoms with E-state index in [2.05, 4.69) is 10.6 Å². The molecule has 1 aliphatic rings. The maximum absolute atomic E-state index is 12.4. The molecule has 2 atom stereocenters. The van der Waals surface area contributed by atoms with Crippen molar-refractivity contribution in [1.29, 1.82) is 0 Å². The summed E-state index contributed by atoms with van der Waals surface area (Å²) in [5.41, 5.74) is 2.07. The van der Waals surface area contributed by atoms with Gasteiger partial charge in [-0.05, 0) is 55.3 Å². The number of ether oxygens (including phenoxy) is 2. The number of carbonyl (C=O) groups excluding carboxylic acids is 3. The van der Waals surface area contributed by atoms with E-state index in [0.717, 1.165) is 5.56 Å². The normalized spacial score (nSPS) is 17.2. The first-order valence-corrected chi connectivity index (χ1v) is 9.33. The highest BCUT2D eigenvalue weighted by Crippen LogP contribution is 2.39. The number of carbonyl (C=O) groups is 3. The predicted octanol–water partition coefficient (Wildman–Crippen LogP) is 2.80. The minimum atomic E-state index is -0.340. The van der Waals surface area contributed by atoms with Crippen molar-refractivity contribution in [2.45, 2.75) is 19.9 Å². The van der Waals surface area contributed by atoms with E-state index >= 15 is 0 Å². The fourth-order valence-corrected chi connectivity index (χ4v) is 3.11. The van der Waals surface area contributed by atoms with Gasteiger partial charge in [0.25, 0.3) is 0 Å². The highest BCUT2D eigenvalue weighted by atomic mass is 16.5. The number of nitrogens with one attached hydrogen (secondary N) is 2. The molecule has 2 aromatic rings. The van der Waals surface area contributed by atoms with Crippen molar-refractivity contribution in [2.24, 2.45) is 11.8 Å². The Hall–Kier alpha value is -3.35. The summed E-state index contributed by atoms with van der Waals surface area (Å²) in [5, 5.41) is 5.66. The van der Waals surface area contributed by atoms with Crippen molar-refractivity contribution in [3.63, 3.8) is 0 Å². The quantitative estimate of drug-likeness (QED) is 0.669. The van der Waals surface area contributed by atoms with Crippen molar-refractivity contribution in [3.8, 4) is 11.5 Å². The van der Waals surface area contributed by atoms with Crippen LogP contribution in [-0.2, 0) is 16.1 Å². The molecule has 0 heterocycles. The third-order valence-corrected chi connectivity index (χ3v) is 4.94. The van der Waals surface area contributed by atoms with Crippen LogP contribution in [0, 0.1) is 11.8 Å². The third-order valence-electron chi connectivity index (χ3n) is 4.94. The minimum Gasteiger partial charge on any atom is -0.493 e.